The molecular formula is C10H16F3NO2. The highest BCUT2D eigenvalue weighted by Gasteiger charge is 2.38. The van der Waals surface area contributed by atoms with Crippen LogP contribution in [0, 0.1) is 0 Å². The molecule has 0 spiro atoms. The zero-order valence-corrected chi connectivity index (χ0v) is 8.98. The van der Waals surface area contributed by atoms with Gasteiger partial charge in [0.2, 0.25) is 0 Å². The largest absolute Gasteiger partial charge is 0.471 e. The van der Waals surface area contributed by atoms with E-state index < -0.39 is 12.1 Å². The van der Waals surface area contributed by atoms with Crippen molar-refractivity contribution in [2.45, 2.75) is 44.4 Å². The van der Waals surface area contributed by atoms with Crippen molar-refractivity contribution in [2.75, 3.05) is 13.2 Å². The van der Waals surface area contributed by atoms with Gasteiger partial charge >= 0.3 is 12.1 Å². The average molecular weight is 239 g/mol. The maximum atomic E-state index is 11.8. The van der Waals surface area contributed by atoms with Gasteiger partial charge in [0.05, 0.1) is 12.7 Å². The number of hydrogen-bond acceptors (Lipinski definition) is 2. The number of carbonyl (C=O) groups excluding carboxylic acids is 1. The number of carbonyl (C=O) groups is 1. The fourth-order valence-corrected chi connectivity index (χ4v) is 1.72. The van der Waals surface area contributed by atoms with E-state index in [4.69, 9.17) is 4.74 Å². The van der Waals surface area contributed by atoms with Crippen LogP contribution in [0.1, 0.15) is 32.1 Å². The molecule has 0 bridgehead atoms. The van der Waals surface area contributed by atoms with Crippen LogP contribution in [0.4, 0.5) is 13.2 Å². The lowest BCUT2D eigenvalue weighted by Crippen LogP contribution is -2.38. The molecule has 0 saturated heterocycles. The summed E-state index contributed by atoms with van der Waals surface area (Å²) >= 11 is 0. The number of alkyl halides is 3. The van der Waals surface area contributed by atoms with Crippen molar-refractivity contribution in [3.05, 3.63) is 0 Å². The van der Waals surface area contributed by atoms with Crippen molar-refractivity contribution in [3.63, 3.8) is 0 Å². The summed E-state index contributed by atoms with van der Waals surface area (Å²) in [6, 6.07) is 0. The van der Waals surface area contributed by atoms with Crippen molar-refractivity contribution in [2.24, 2.45) is 0 Å². The second-order valence-corrected chi connectivity index (χ2v) is 3.88. The second kappa shape index (κ2) is 6.08. The molecule has 0 aromatic carbocycles. The standard InChI is InChI=1S/C10H16F3NO2/c11-10(12,13)9(15)14-6-7-16-8-4-2-1-3-5-8/h8H,1-7H2,(H,14,15). The van der Waals surface area contributed by atoms with Gasteiger partial charge in [0.1, 0.15) is 0 Å². The molecule has 1 rings (SSSR count). The third-order valence-corrected chi connectivity index (χ3v) is 2.55. The Morgan fingerprint density at radius 3 is 2.44 bits per heavy atom. The Hall–Kier alpha value is -0.780. The molecule has 0 aromatic heterocycles. The fraction of sp³-hybridized carbons (Fsp3) is 0.900. The van der Waals surface area contributed by atoms with Crippen LogP contribution in [0.3, 0.4) is 0 Å². The molecule has 1 aliphatic carbocycles. The van der Waals surface area contributed by atoms with Gasteiger partial charge in [-0.25, -0.2) is 0 Å². The first-order valence-electron chi connectivity index (χ1n) is 5.47. The highest BCUT2D eigenvalue weighted by atomic mass is 19.4. The molecule has 16 heavy (non-hydrogen) atoms. The molecule has 0 aliphatic heterocycles. The molecule has 0 atom stereocenters. The molecule has 3 nitrogen and oxygen atoms in total. The van der Waals surface area contributed by atoms with E-state index in [2.05, 4.69) is 0 Å². The monoisotopic (exact) mass is 239 g/mol. The maximum Gasteiger partial charge on any atom is 0.471 e. The molecule has 1 amide bonds. The van der Waals surface area contributed by atoms with Crippen LogP contribution in [0.5, 0.6) is 0 Å². The van der Waals surface area contributed by atoms with Gasteiger partial charge in [-0.05, 0) is 12.8 Å². The number of ether oxygens (including phenoxy) is 1. The zero-order chi connectivity index (χ0) is 12.0. The van der Waals surface area contributed by atoms with Crippen LogP contribution in [-0.2, 0) is 9.53 Å². The Bertz CT molecular complexity index is 225. The SMILES string of the molecule is O=C(NCCOC1CCCCC1)C(F)(F)F. The summed E-state index contributed by atoms with van der Waals surface area (Å²) in [5.41, 5.74) is 0. The van der Waals surface area contributed by atoms with Crippen LogP contribution in [0.25, 0.3) is 0 Å². The number of halogens is 3. The first kappa shape index (κ1) is 13.3. The number of hydrogen-bond donors (Lipinski definition) is 1. The van der Waals surface area contributed by atoms with Gasteiger partial charge in [-0.2, -0.15) is 13.2 Å². The van der Waals surface area contributed by atoms with Crippen LogP contribution >= 0.6 is 0 Å². The summed E-state index contributed by atoms with van der Waals surface area (Å²) in [4.78, 5) is 10.4. The minimum absolute atomic E-state index is 0.0884. The van der Waals surface area contributed by atoms with E-state index in [0.29, 0.717) is 0 Å². The lowest BCUT2D eigenvalue weighted by molar-refractivity contribution is -0.173. The Kier molecular flexibility index (Phi) is 5.05. The summed E-state index contributed by atoms with van der Waals surface area (Å²) in [5.74, 6) is -1.90. The Morgan fingerprint density at radius 1 is 1.25 bits per heavy atom. The lowest BCUT2D eigenvalue weighted by atomic mass is 9.98. The minimum atomic E-state index is -4.80. The van der Waals surface area contributed by atoms with Crippen molar-refractivity contribution >= 4 is 5.91 Å². The molecule has 0 radical (unpaired) electrons. The Labute approximate surface area is 92.3 Å². The second-order valence-electron chi connectivity index (χ2n) is 3.88. The van der Waals surface area contributed by atoms with Crippen molar-refractivity contribution < 1.29 is 22.7 Å². The van der Waals surface area contributed by atoms with Gasteiger partial charge < -0.3 is 10.1 Å². The predicted octanol–water partition coefficient (Wildman–Crippen LogP) is 2.01. The van der Waals surface area contributed by atoms with E-state index in [1.165, 1.54) is 6.42 Å². The molecule has 6 heteroatoms. The molecule has 1 fully saturated rings. The summed E-state index contributed by atoms with van der Waals surface area (Å²) in [6.07, 6.45) is 0.700. The van der Waals surface area contributed by atoms with Crippen LogP contribution in [0.15, 0.2) is 0 Å². The minimum Gasteiger partial charge on any atom is -0.376 e. The first-order chi connectivity index (χ1) is 7.50. The molecular weight excluding hydrogens is 223 g/mol. The van der Waals surface area contributed by atoms with Gasteiger partial charge in [0, 0.05) is 6.54 Å². The van der Waals surface area contributed by atoms with E-state index >= 15 is 0 Å². The van der Waals surface area contributed by atoms with Gasteiger partial charge in [-0.3, -0.25) is 4.79 Å². The summed E-state index contributed by atoms with van der Waals surface area (Å²) in [6.45, 7) is 0.0569. The number of amides is 1. The lowest BCUT2D eigenvalue weighted by Gasteiger charge is -2.22. The Balaban J connectivity index is 2.05. The summed E-state index contributed by atoms with van der Waals surface area (Å²) in [5, 5.41) is 1.77. The molecule has 0 aromatic rings. The molecule has 0 heterocycles. The number of rotatable bonds is 4. The van der Waals surface area contributed by atoms with E-state index in [1.54, 1.807) is 5.32 Å². The first-order valence-corrected chi connectivity index (χ1v) is 5.47. The number of nitrogens with one attached hydrogen (secondary N) is 1. The van der Waals surface area contributed by atoms with Gasteiger partial charge in [-0.1, -0.05) is 19.3 Å². The Morgan fingerprint density at radius 2 is 1.88 bits per heavy atom. The molecule has 0 unspecified atom stereocenters. The highest BCUT2D eigenvalue weighted by Crippen LogP contribution is 2.20. The van der Waals surface area contributed by atoms with Gasteiger partial charge in [0.15, 0.2) is 0 Å². The molecule has 1 N–H and O–H groups in total. The van der Waals surface area contributed by atoms with Crippen LogP contribution in [0.2, 0.25) is 0 Å². The van der Waals surface area contributed by atoms with E-state index in [0.717, 1.165) is 25.7 Å². The van der Waals surface area contributed by atoms with Crippen molar-refractivity contribution in [1.29, 1.82) is 0 Å². The smallest absolute Gasteiger partial charge is 0.376 e. The highest BCUT2D eigenvalue weighted by molar-refractivity contribution is 5.81. The summed E-state index contributed by atoms with van der Waals surface area (Å²) in [7, 11) is 0. The average Bonchev–Trinajstić information content (AvgIpc) is 2.24. The van der Waals surface area contributed by atoms with E-state index in [9.17, 15) is 18.0 Å². The van der Waals surface area contributed by atoms with Gasteiger partial charge in [0.25, 0.3) is 0 Å². The molecule has 94 valence electrons. The van der Waals surface area contributed by atoms with Gasteiger partial charge in [-0.15, -0.1) is 0 Å². The van der Waals surface area contributed by atoms with E-state index in [1.807, 2.05) is 0 Å². The van der Waals surface area contributed by atoms with Crippen LogP contribution in [-0.4, -0.2) is 31.3 Å². The normalized spacial score (nSPS) is 18.4. The van der Waals surface area contributed by atoms with Crippen LogP contribution < -0.4 is 5.32 Å². The van der Waals surface area contributed by atoms with Crippen molar-refractivity contribution in [3.8, 4) is 0 Å². The zero-order valence-electron chi connectivity index (χ0n) is 8.98. The third kappa shape index (κ3) is 4.83. The van der Waals surface area contributed by atoms with E-state index in [-0.39, 0.29) is 19.3 Å². The topological polar surface area (TPSA) is 38.3 Å². The quantitative estimate of drug-likeness (QED) is 0.762. The predicted molar refractivity (Wildman–Crippen MR) is 51.9 cm³/mol. The molecule has 1 aliphatic rings. The third-order valence-electron chi connectivity index (χ3n) is 2.55. The summed E-state index contributed by atoms with van der Waals surface area (Å²) < 4.78 is 40.7. The fourth-order valence-electron chi connectivity index (χ4n) is 1.72. The maximum absolute atomic E-state index is 11.8. The molecule has 1 saturated carbocycles. The van der Waals surface area contributed by atoms with Crippen molar-refractivity contribution in [1.82, 2.24) is 5.32 Å².